The van der Waals surface area contributed by atoms with E-state index in [1.807, 2.05) is 0 Å². The van der Waals surface area contributed by atoms with Crippen molar-refractivity contribution >= 4 is 23.3 Å². The van der Waals surface area contributed by atoms with Gasteiger partial charge >= 0.3 is 0 Å². The van der Waals surface area contributed by atoms with Gasteiger partial charge in [-0.1, -0.05) is 0 Å². The summed E-state index contributed by atoms with van der Waals surface area (Å²) in [6.45, 7) is 0.956. The highest BCUT2D eigenvalue weighted by Crippen LogP contribution is 2.50. The Bertz CT molecular complexity index is 667. The second kappa shape index (κ2) is 4.17. The quantitative estimate of drug-likeness (QED) is 0.827. The third-order valence-electron chi connectivity index (χ3n) is 4.59. The Morgan fingerprint density at radius 2 is 1.95 bits per heavy atom. The number of hydrogen-bond acceptors (Lipinski definition) is 1. The van der Waals surface area contributed by atoms with Crippen molar-refractivity contribution in [2.45, 2.75) is 32.2 Å². The second-order valence-corrected chi connectivity index (χ2v) is 6.43. The summed E-state index contributed by atoms with van der Waals surface area (Å²) in [6, 6.07) is 4.86. The van der Waals surface area contributed by atoms with E-state index in [0.717, 1.165) is 40.1 Å². The maximum Gasteiger partial charge on any atom is 0.178 e. The number of fused-ring (bicyclic) bond motifs is 1. The zero-order valence-corrected chi connectivity index (χ0v) is 11.5. The number of nitrogens with one attached hydrogen (secondary N) is 1. The lowest BCUT2D eigenvalue weighted by molar-refractivity contribution is 0.351. The number of aromatic amines is 1. The highest BCUT2D eigenvalue weighted by atomic mass is 32.1. The average Bonchev–Trinajstić information content (AvgIpc) is 3.25. The monoisotopic (exact) mass is 276 g/mol. The summed E-state index contributed by atoms with van der Waals surface area (Å²) >= 11 is 5.41. The SMILES string of the molecule is Fc1ccc2[nH]c(=S)n(CC(C3CC3)C3CC3)c2c1. The van der Waals surface area contributed by atoms with Crippen molar-refractivity contribution in [3.8, 4) is 0 Å². The lowest BCUT2D eigenvalue weighted by atomic mass is 9.98. The Balaban J connectivity index is 1.74. The van der Waals surface area contributed by atoms with Crippen LogP contribution in [0.5, 0.6) is 0 Å². The van der Waals surface area contributed by atoms with Gasteiger partial charge in [0.1, 0.15) is 5.82 Å². The first-order valence-electron chi connectivity index (χ1n) is 7.10. The summed E-state index contributed by atoms with van der Waals surface area (Å²) in [5.41, 5.74) is 1.85. The first-order chi connectivity index (χ1) is 9.22. The molecule has 19 heavy (non-hydrogen) atoms. The molecule has 1 aromatic carbocycles. The standard InChI is InChI=1S/C15H17FN2S/c16-11-5-6-13-14(7-11)18(15(19)17-13)8-12(9-1-2-9)10-3-4-10/h5-7,9-10,12H,1-4,8H2,(H,17,19). The van der Waals surface area contributed by atoms with Gasteiger partial charge in [-0.2, -0.15) is 0 Å². The molecule has 0 saturated heterocycles. The van der Waals surface area contributed by atoms with Gasteiger partial charge in [0.15, 0.2) is 4.77 Å². The van der Waals surface area contributed by atoms with Gasteiger partial charge in [0.05, 0.1) is 11.0 Å². The minimum atomic E-state index is -0.190. The molecule has 2 aliphatic rings. The molecule has 0 amide bonds. The maximum atomic E-state index is 13.4. The summed E-state index contributed by atoms with van der Waals surface area (Å²) in [6.07, 6.45) is 5.47. The highest BCUT2D eigenvalue weighted by Gasteiger charge is 2.41. The Hall–Kier alpha value is -1.16. The molecule has 2 aliphatic carbocycles. The van der Waals surface area contributed by atoms with Crippen LogP contribution >= 0.6 is 12.2 Å². The molecule has 4 rings (SSSR count). The predicted molar refractivity (Wildman–Crippen MR) is 76.0 cm³/mol. The topological polar surface area (TPSA) is 20.7 Å². The van der Waals surface area contributed by atoms with Gasteiger partial charge in [0.25, 0.3) is 0 Å². The van der Waals surface area contributed by atoms with Crippen molar-refractivity contribution in [3.63, 3.8) is 0 Å². The normalized spacial score (nSPS) is 19.5. The summed E-state index contributed by atoms with van der Waals surface area (Å²) in [5, 5.41) is 0. The zero-order valence-electron chi connectivity index (χ0n) is 10.7. The Morgan fingerprint density at radius 3 is 2.58 bits per heavy atom. The maximum absolute atomic E-state index is 13.4. The molecule has 2 aromatic rings. The van der Waals surface area contributed by atoms with E-state index in [1.165, 1.54) is 31.7 Å². The third-order valence-corrected chi connectivity index (χ3v) is 4.91. The summed E-state index contributed by atoms with van der Waals surface area (Å²) in [4.78, 5) is 3.19. The number of H-pyrrole nitrogens is 1. The van der Waals surface area contributed by atoms with Gasteiger partial charge in [-0.25, -0.2) is 4.39 Å². The van der Waals surface area contributed by atoms with E-state index in [-0.39, 0.29) is 5.82 Å². The molecule has 2 saturated carbocycles. The Labute approximate surface area is 116 Å². The van der Waals surface area contributed by atoms with Gasteiger partial charge in [0, 0.05) is 6.54 Å². The van der Waals surface area contributed by atoms with Gasteiger partial charge in [-0.05, 0) is 73.9 Å². The number of benzene rings is 1. The molecule has 1 N–H and O–H groups in total. The van der Waals surface area contributed by atoms with Crippen LogP contribution in [0.2, 0.25) is 0 Å². The van der Waals surface area contributed by atoms with Crippen molar-refractivity contribution in [2.75, 3.05) is 0 Å². The predicted octanol–water partition coefficient (Wildman–Crippen LogP) is 4.27. The first kappa shape index (κ1) is 11.6. The van der Waals surface area contributed by atoms with Crippen LogP contribution in [-0.2, 0) is 6.54 Å². The molecular weight excluding hydrogens is 259 g/mol. The summed E-state index contributed by atoms with van der Waals surface area (Å²) < 4.78 is 16.3. The van der Waals surface area contributed by atoms with Crippen LogP contribution in [0.1, 0.15) is 25.7 Å². The lowest BCUT2D eigenvalue weighted by Crippen LogP contribution is -2.15. The molecule has 0 unspecified atom stereocenters. The molecule has 2 nitrogen and oxygen atoms in total. The summed E-state index contributed by atoms with van der Waals surface area (Å²) in [7, 11) is 0. The number of aromatic nitrogens is 2. The molecule has 0 bridgehead atoms. The van der Waals surface area contributed by atoms with Crippen LogP contribution in [0.3, 0.4) is 0 Å². The van der Waals surface area contributed by atoms with E-state index in [9.17, 15) is 4.39 Å². The molecule has 2 fully saturated rings. The van der Waals surface area contributed by atoms with Crippen LogP contribution in [0.4, 0.5) is 4.39 Å². The smallest absolute Gasteiger partial charge is 0.178 e. The number of rotatable bonds is 4. The molecule has 0 radical (unpaired) electrons. The largest absolute Gasteiger partial charge is 0.331 e. The lowest BCUT2D eigenvalue weighted by Gasteiger charge is -2.16. The highest BCUT2D eigenvalue weighted by molar-refractivity contribution is 7.71. The van der Waals surface area contributed by atoms with Gasteiger partial charge < -0.3 is 9.55 Å². The van der Waals surface area contributed by atoms with Crippen molar-refractivity contribution in [2.24, 2.45) is 17.8 Å². The Morgan fingerprint density at radius 1 is 1.26 bits per heavy atom. The van der Waals surface area contributed by atoms with Crippen molar-refractivity contribution in [3.05, 3.63) is 28.8 Å². The van der Waals surface area contributed by atoms with E-state index in [0.29, 0.717) is 0 Å². The van der Waals surface area contributed by atoms with Crippen LogP contribution in [0.25, 0.3) is 11.0 Å². The minimum Gasteiger partial charge on any atom is -0.331 e. The molecule has 1 heterocycles. The summed E-state index contributed by atoms with van der Waals surface area (Å²) in [5.74, 6) is 2.32. The van der Waals surface area contributed by atoms with Crippen molar-refractivity contribution in [1.82, 2.24) is 9.55 Å². The number of imidazole rings is 1. The van der Waals surface area contributed by atoms with Crippen LogP contribution < -0.4 is 0 Å². The van der Waals surface area contributed by atoms with E-state index in [2.05, 4.69) is 9.55 Å². The van der Waals surface area contributed by atoms with Crippen LogP contribution in [0.15, 0.2) is 18.2 Å². The van der Waals surface area contributed by atoms with E-state index in [1.54, 1.807) is 12.1 Å². The Kier molecular flexibility index (Phi) is 2.56. The van der Waals surface area contributed by atoms with Crippen LogP contribution in [0, 0.1) is 28.3 Å². The van der Waals surface area contributed by atoms with Crippen LogP contribution in [-0.4, -0.2) is 9.55 Å². The van der Waals surface area contributed by atoms with E-state index >= 15 is 0 Å². The minimum absolute atomic E-state index is 0.190. The molecule has 1 aromatic heterocycles. The number of halogens is 1. The molecule has 0 aliphatic heterocycles. The van der Waals surface area contributed by atoms with E-state index < -0.39 is 0 Å². The zero-order chi connectivity index (χ0) is 13.0. The number of nitrogens with zero attached hydrogens (tertiary/aromatic N) is 1. The molecule has 100 valence electrons. The van der Waals surface area contributed by atoms with Gasteiger partial charge in [-0.3, -0.25) is 0 Å². The average molecular weight is 276 g/mol. The fourth-order valence-corrected chi connectivity index (χ4v) is 3.53. The molecule has 4 heteroatoms. The van der Waals surface area contributed by atoms with Gasteiger partial charge in [-0.15, -0.1) is 0 Å². The second-order valence-electron chi connectivity index (χ2n) is 6.04. The fraction of sp³-hybridized carbons (Fsp3) is 0.533. The molecule has 0 spiro atoms. The van der Waals surface area contributed by atoms with Gasteiger partial charge in [0.2, 0.25) is 0 Å². The van der Waals surface area contributed by atoms with E-state index in [4.69, 9.17) is 12.2 Å². The first-order valence-corrected chi connectivity index (χ1v) is 7.51. The molecule has 0 atom stereocenters. The fourth-order valence-electron chi connectivity index (χ4n) is 3.25. The third kappa shape index (κ3) is 2.12. The van der Waals surface area contributed by atoms with Crippen molar-refractivity contribution < 1.29 is 4.39 Å². The van der Waals surface area contributed by atoms with Crippen molar-refractivity contribution in [1.29, 1.82) is 0 Å². The number of hydrogen-bond donors (Lipinski definition) is 1. The molecular formula is C15H17FN2S.